The predicted molar refractivity (Wildman–Crippen MR) is 94.3 cm³/mol. The summed E-state index contributed by atoms with van der Waals surface area (Å²) in [7, 11) is 0. The van der Waals surface area contributed by atoms with Gasteiger partial charge in [0.15, 0.2) is 11.5 Å². The van der Waals surface area contributed by atoms with Gasteiger partial charge in [0.2, 0.25) is 5.75 Å². The van der Waals surface area contributed by atoms with Crippen molar-refractivity contribution in [3.05, 3.63) is 47.5 Å². The Morgan fingerprint density at radius 2 is 1.42 bits per heavy atom. The van der Waals surface area contributed by atoms with Gasteiger partial charge in [-0.05, 0) is 45.0 Å². The van der Waals surface area contributed by atoms with Crippen molar-refractivity contribution in [2.24, 2.45) is 0 Å². The van der Waals surface area contributed by atoms with Gasteiger partial charge in [-0.3, -0.25) is 4.79 Å². The molecule has 2 aromatic carbocycles. The Morgan fingerprint density at radius 3 is 1.88 bits per heavy atom. The van der Waals surface area contributed by atoms with Crippen molar-refractivity contribution in [2.45, 2.75) is 20.8 Å². The van der Waals surface area contributed by atoms with E-state index in [1.807, 2.05) is 6.92 Å². The van der Waals surface area contributed by atoms with Gasteiger partial charge in [0.1, 0.15) is 17.3 Å². The number of para-hydroxylation sites is 1. The highest BCUT2D eigenvalue weighted by Gasteiger charge is 2.20. The van der Waals surface area contributed by atoms with Gasteiger partial charge >= 0.3 is 0 Å². The van der Waals surface area contributed by atoms with Gasteiger partial charge in [-0.25, -0.2) is 8.78 Å². The second kappa shape index (κ2) is 9.03. The molecule has 0 fully saturated rings. The molecule has 140 valence electrons. The van der Waals surface area contributed by atoms with Gasteiger partial charge in [0.05, 0.1) is 19.8 Å². The molecule has 0 atom stereocenters. The zero-order valence-corrected chi connectivity index (χ0v) is 14.9. The fourth-order valence-electron chi connectivity index (χ4n) is 2.32. The summed E-state index contributed by atoms with van der Waals surface area (Å²) in [5.74, 6) is -1.40. The van der Waals surface area contributed by atoms with Crippen LogP contribution in [0.15, 0.2) is 30.3 Å². The first-order valence-electron chi connectivity index (χ1n) is 8.33. The molecule has 0 radical (unpaired) electrons. The Hall–Kier alpha value is -2.83. The summed E-state index contributed by atoms with van der Waals surface area (Å²) in [6, 6.07) is 6.25. The number of nitrogens with one attached hydrogen (secondary N) is 1. The number of carbonyl (C=O) groups excluding carboxylic acids is 1. The van der Waals surface area contributed by atoms with Gasteiger partial charge in [0.25, 0.3) is 5.91 Å². The van der Waals surface area contributed by atoms with Crippen molar-refractivity contribution in [1.29, 1.82) is 0 Å². The molecular formula is C19H21F2NO4. The molecule has 1 N–H and O–H groups in total. The van der Waals surface area contributed by atoms with Gasteiger partial charge in [-0.2, -0.15) is 0 Å². The average molecular weight is 365 g/mol. The van der Waals surface area contributed by atoms with Crippen molar-refractivity contribution in [2.75, 3.05) is 25.1 Å². The van der Waals surface area contributed by atoms with E-state index in [0.717, 1.165) is 12.1 Å². The Kier molecular flexibility index (Phi) is 6.77. The van der Waals surface area contributed by atoms with Crippen LogP contribution < -0.4 is 19.5 Å². The smallest absolute Gasteiger partial charge is 0.256 e. The number of anilines is 1. The minimum absolute atomic E-state index is 0.128. The van der Waals surface area contributed by atoms with Crippen LogP contribution >= 0.6 is 0 Å². The summed E-state index contributed by atoms with van der Waals surface area (Å²) >= 11 is 0. The van der Waals surface area contributed by atoms with Gasteiger partial charge in [0, 0.05) is 5.56 Å². The molecule has 2 rings (SSSR count). The monoisotopic (exact) mass is 365 g/mol. The van der Waals surface area contributed by atoms with E-state index in [0.29, 0.717) is 37.1 Å². The maximum Gasteiger partial charge on any atom is 0.256 e. The number of ether oxygens (including phenoxy) is 3. The zero-order valence-electron chi connectivity index (χ0n) is 14.9. The lowest BCUT2D eigenvalue weighted by molar-refractivity contribution is 0.102. The molecule has 0 bridgehead atoms. The molecule has 2 aromatic rings. The molecule has 0 spiro atoms. The first kappa shape index (κ1) is 19.5. The number of carbonyl (C=O) groups is 1. The highest BCUT2D eigenvalue weighted by molar-refractivity contribution is 6.05. The van der Waals surface area contributed by atoms with Crippen molar-refractivity contribution >= 4 is 11.6 Å². The Balaban J connectivity index is 2.42. The zero-order chi connectivity index (χ0) is 19.1. The number of amides is 1. The largest absolute Gasteiger partial charge is 0.490 e. The van der Waals surface area contributed by atoms with E-state index in [9.17, 15) is 13.6 Å². The standard InChI is InChI=1S/C19H21F2NO4/c1-4-24-15-10-12(11-16(25-5-2)18(15)26-6-3)19(23)22-17-13(20)8-7-9-14(17)21/h7-11H,4-6H2,1-3H3,(H,22,23). The molecule has 0 unspecified atom stereocenters. The molecule has 0 saturated carbocycles. The van der Waals surface area contributed by atoms with Crippen LogP contribution in [0.3, 0.4) is 0 Å². The van der Waals surface area contributed by atoms with E-state index in [1.165, 1.54) is 18.2 Å². The minimum atomic E-state index is -0.862. The van der Waals surface area contributed by atoms with Crippen LogP contribution in [0.1, 0.15) is 31.1 Å². The Labute approximate surface area is 150 Å². The molecule has 0 aromatic heterocycles. The maximum absolute atomic E-state index is 13.8. The van der Waals surface area contributed by atoms with E-state index < -0.39 is 23.2 Å². The second-order valence-electron chi connectivity index (χ2n) is 5.15. The molecule has 0 aliphatic heterocycles. The van der Waals surface area contributed by atoms with Crippen molar-refractivity contribution in [1.82, 2.24) is 0 Å². The third-order valence-electron chi connectivity index (χ3n) is 3.37. The van der Waals surface area contributed by atoms with Crippen LogP contribution in [0.4, 0.5) is 14.5 Å². The molecule has 7 heteroatoms. The average Bonchev–Trinajstić information content (AvgIpc) is 2.61. The van der Waals surface area contributed by atoms with E-state index in [1.54, 1.807) is 13.8 Å². The third kappa shape index (κ3) is 4.41. The normalized spacial score (nSPS) is 10.3. The van der Waals surface area contributed by atoms with Crippen LogP contribution in [0.5, 0.6) is 17.2 Å². The van der Waals surface area contributed by atoms with Crippen molar-refractivity contribution in [3.8, 4) is 17.2 Å². The minimum Gasteiger partial charge on any atom is -0.490 e. The first-order chi connectivity index (χ1) is 12.5. The number of halogens is 2. The molecule has 0 saturated heterocycles. The van der Waals surface area contributed by atoms with Gasteiger partial charge < -0.3 is 19.5 Å². The highest BCUT2D eigenvalue weighted by atomic mass is 19.1. The lowest BCUT2D eigenvalue weighted by atomic mass is 10.1. The van der Waals surface area contributed by atoms with Gasteiger partial charge in [-0.15, -0.1) is 0 Å². The molecule has 5 nitrogen and oxygen atoms in total. The summed E-state index contributed by atoms with van der Waals surface area (Å²) in [5, 5.41) is 2.24. The predicted octanol–water partition coefficient (Wildman–Crippen LogP) is 4.41. The first-order valence-corrected chi connectivity index (χ1v) is 8.33. The highest BCUT2D eigenvalue weighted by Crippen LogP contribution is 2.39. The van der Waals surface area contributed by atoms with Crippen molar-refractivity contribution in [3.63, 3.8) is 0 Å². The Morgan fingerprint density at radius 1 is 0.923 bits per heavy atom. The van der Waals surface area contributed by atoms with Crippen LogP contribution in [0.2, 0.25) is 0 Å². The number of benzene rings is 2. The van der Waals surface area contributed by atoms with E-state index in [2.05, 4.69) is 5.32 Å². The second-order valence-corrected chi connectivity index (χ2v) is 5.15. The van der Waals surface area contributed by atoms with Gasteiger partial charge in [-0.1, -0.05) is 6.07 Å². The van der Waals surface area contributed by atoms with Crippen LogP contribution in [-0.4, -0.2) is 25.7 Å². The summed E-state index contributed by atoms with van der Waals surface area (Å²) in [5.41, 5.74) is -0.384. The number of rotatable bonds is 8. The van der Waals surface area contributed by atoms with Crippen molar-refractivity contribution < 1.29 is 27.8 Å². The quantitative estimate of drug-likeness (QED) is 0.753. The number of hydrogen-bond donors (Lipinski definition) is 1. The lowest BCUT2D eigenvalue weighted by Gasteiger charge is -2.17. The molecule has 1 amide bonds. The van der Waals surface area contributed by atoms with Crippen LogP contribution in [0.25, 0.3) is 0 Å². The molecule has 0 aliphatic rings. The molecular weight excluding hydrogens is 344 g/mol. The maximum atomic E-state index is 13.8. The SMILES string of the molecule is CCOc1cc(C(=O)Nc2c(F)cccc2F)cc(OCC)c1OCC. The lowest BCUT2D eigenvalue weighted by Crippen LogP contribution is -2.15. The summed E-state index contributed by atoms with van der Waals surface area (Å²) in [6.07, 6.45) is 0. The summed E-state index contributed by atoms with van der Waals surface area (Å²) < 4.78 is 44.2. The van der Waals surface area contributed by atoms with E-state index >= 15 is 0 Å². The summed E-state index contributed by atoms with van der Waals surface area (Å²) in [6.45, 7) is 6.46. The molecule has 0 heterocycles. The number of hydrogen-bond acceptors (Lipinski definition) is 4. The Bertz CT molecular complexity index is 733. The van der Waals surface area contributed by atoms with E-state index in [4.69, 9.17) is 14.2 Å². The fourth-order valence-corrected chi connectivity index (χ4v) is 2.32. The summed E-state index contributed by atoms with van der Waals surface area (Å²) in [4.78, 5) is 12.5. The molecule has 26 heavy (non-hydrogen) atoms. The van der Waals surface area contributed by atoms with Crippen LogP contribution in [-0.2, 0) is 0 Å². The molecule has 0 aliphatic carbocycles. The van der Waals surface area contributed by atoms with E-state index in [-0.39, 0.29) is 5.56 Å². The fraction of sp³-hybridized carbons (Fsp3) is 0.316. The van der Waals surface area contributed by atoms with Crippen LogP contribution in [0, 0.1) is 11.6 Å². The third-order valence-corrected chi connectivity index (χ3v) is 3.37. The topological polar surface area (TPSA) is 56.8 Å².